The zero-order valence-corrected chi connectivity index (χ0v) is 26.8. The van der Waals surface area contributed by atoms with Crippen LogP contribution in [-0.2, 0) is 32.1 Å². The van der Waals surface area contributed by atoms with Crippen molar-refractivity contribution in [3.8, 4) is 11.5 Å². The highest BCUT2D eigenvalue weighted by atomic mass is 16.6. The Kier molecular flexibility index (Phi) is 9.64. The highest BCUT2D eigenvalue weighted by Gasteiger charge is 2.66. The standard InChI is InChI=1S/C32H47N3O9/c1-8-35(22(14-36)31(2,3)4)13-17-11-21(38)24-18(28(17)43-7)9-16-10-20-25(34(5)6)26(39)19(30(33)42)12-32(20,44-15-37)29(41)23(16)27(24)40/h11,16,19-20,22-23,25,36-38H,8-10,12-15H2,1-7H3,(H2,33,42). The van der Waals surface area contributed by atoms with Gasteiger partial charge in [-0.3, -0.25) is 29.0 Å². The van der Waals surface area contributed by atoms with Gasteiger partial charge >= 0.3 is 0 Å². The largest absolute Gasteiger partial charge is 0.507 e. The number of ether oxygens (including phenoxy) is 2. The van der Waals surface area contributed by atoms with Crippen LogP contribution in [-0.4, -0.2) is 107 Å². The number of Topliss-reactive ketones (excluding diaryl/α,β-unsaturated/α-hetero) is 3. The van der Waals surface area contributed by atoms with E-state index in [1.807, 2.05) is 27.7 Å². The van der Waals surface area contributed by atoms with Crippen LogP contribution >= 0.6 is 0 Å². The summed E-state index contributed by atoms with van der Waals surface area (Å²) in [4.78, 5) is 58.1. The normalized spacial score (nSPS) is 29.3. The molecule has 5 N–H and O–H groups in total. The maximum absolute atomic E-state index is 14.4. The van der Waals surface area contributed by atoms with Crippen LogP contribution in [0.25, 0.3) is 0 Å². The zero-order valence-electron chi connectivity index (χ0n) is 26.8. The zero-order chi connectivity index (χ0) is 32.9. The molecule has 0 aromatic heterocycles. The Labute approximate surface area is 258 Å². The summed E-state index contributed by atoms with van der Waals surface area (Å²) in [5.74, 6) is -6.23. The number of carbonyl (C=O) groups is 4. The van der Waals surface area contributed by atoms with Gasteiger partial charge in [-0.05, 0) is 50.9 Å². The predicted molar refractivity (Wildman–Crippen MR) is 160 cm³/mol. The maximum atomic E-state index is 14.4. The molecular weight excluding hydrogens is 570 g/mol. The van der Waals surface area contributed by atoms with Crippen LogP contribution in [0.5, 0.6) is 11.5 Å². The van der Waals surface area contributed by atoms with E-state index in [0.29, 0.717) is 30.0 Å². The predicted octanol–water partition coefficient (Wildman–Crippen LogP) is 0.900. The van der Waals surface area contributed by atoms with Gasteiger partial charge in [-0.15, -0.1) is 0 Å². The lowest BCUT2D eigenvalue weighted by molar-refractivity contribution is -0.205. The Hall–Kier alpha value is -2.90. The molecule has 7 unspecified atom stereocenters. The van der Waals surface area contributed by atoms with Gasteiger partial charge in [-0.2, -0.15) is 0 Å². The number of nitrogens with two attached hydrogens (primary N) is 1. The van der Waals surface area contributed by atoms with Crippen molar-refractivity contribution in [3.05, 3.63) is 22.8 Å². The average Bonchev–Trinajstić information content (AvgIpc) is 2.92. The number of benzene rings is 1. The first-order valence-corrected chi connectivity index (χ1v) is 15.2. The van der Waals surface area contributed by atoms with Crippen LogP contribution in [0.2, 0.25) is 0 Å². The lowest BCUT2D eigenvalue weighted by atomic mass is 9.52. The number of aromatic hydroxyl groups is 1. The second kappa shape index (κ2) is 12.5. The lowest BCUT2D eigenvalue weighted by Crippen LogP contribution is -2.70. The van der Waals surface area contributed by atoms with Gasteiger partial charge in [0.25, 0.3) is 0 Å². The Balaban J connectivity index is 1.83. The Morgan fingerprint density at radius 2 is 1.86 bits per heavy atom. The second-order valence-electron chi connectivity index (χ2n) is 13.7. The highest BCUT2D eigenvalue weighted by molar-refractivity contribution is 6.18. The molecule has 12 heteroatoms. The van der Waals surface area contributed by atoms with Gasteiger partial charge in [0.05, 0.1) is 31.2 Å². The molecule has 0 aliphatic heterocycles. The summed E-state index contributed by atoms with van der Waals surface area (Å²) >= 11 is 0. The van der Waals surface area contributed by atoms with Crippen LogP contribution in [0, 0.1) is 29.1 Å². The number of primary amides is 1. The summed E-state index contributed by atoms with van der Waals surface area (Å²) in [5.41, 5.74) is 4.68. The average molecular weight is 618 g/mol. The van der Waals surface area contributed by atoms with Gasteiger partial charge < -0.3 is 30.5 Å². The molecule has 2 fully saturated rings. The van der Waals surface area contributed by atoms with Crippen molar-refractivity contribution in [2.45, 2.75) is 71.2 Å². The number of aliphatic hydroxyl groups excluding tert-OH is 2. The molecule has 1 amide bonds. The van der Waals surface area contributed by atoms with E-state index in [2.05, 4.69) is 4.90 Å². The second-order valence-corrected chi connectivity index (χ2v) is 13.7. The first-order chi connectivity index (χ1) is 20.6. The monoisotopic (exact) mass is 617 g/mol. The SMILES string of the molecule is CCN(Cc1cc(O)c2c(c1OC)CC1CC3C(N(C)C)C(=O)C(C(N)=O)CC3(OCO)C(=O)C1C2=O)C(CO)C(C)(C)C. The molecule has 0 spiro atoms. The molecule has 0 radical (unpaired) electrons. The fourth-order valence-electron chi connectivity index (χ4n) is 8.12. The first-order valence-electron chi connectivity index (χ1n) is 15.2. The summed E-state index contributed by atoms with van der Waals surface area (Å²) in [7, 11) is 4.82. The maximum Gasteiger partial charge on any atom is 0.228 e. The molecule has 1 aromatic carbocycles. The van der Waals surface area contributed by atoms with Gasteiger partial charge in [0, 0.05) is 36.1 Å². The number of fused-ring (bicyclic) bond motifs is 3. The molecule has 4 rings (SSSR count). The molecule has 1 aromatic rings. The van der Waals surface area contributed by atoms with E-state index < -0.39 is 65.4 Å². The van der Waals surface area contributed by atoms with E-state index >= 15 is 0 Å². The number of methoxy groups -OCH3 is 1. The van der Waals surface area contributed by atoms with E-state index in [1.165, 1.54) is 13.2 Å². The lowest BCUT2D eigenvalue weighted by Gasteiger charge is -2.55. The number of aliphatic hydroxyl groups is 2. The van der Waals surface area contributed by atoms with Crippen LogP contribution in [0.15, 0.2) is 6.07 Å². The van der Waals surface area contributed by atoms with Crippen LogP contribution in [0.3, 0.4) is 0 Å². The molecule has 3 aliphatic rings. The number of likely N-dealkylation sites (N-methyl/N-ethyl adjacent to an activating group) is 2. The summed E-state index contributed by atoms with van der Waals surface area (Å²) in [6.45, 7) is 8.14. The van der Waals surface area contributed by atoms with Crippen molar-refractivity contribution in [1.82, 2.24) is 9.80 Å². The molecule has 7 atom stereocenters. The summed E-state index contributed by atoms with van der Waals surface area (Å²) in [5, 5.41) is 31.4. The number of nitrogens with zero attached hydrogens (tertiary/aromatic N) is 2. The summed E-state index contributed by atoms with van der Waals surface area (Å²) in [6.07, 6.45) is 0.0729. The van der Waals surface area contributed by atoms with Crippen molar-refractivity contribution in [2.75, 3.05) is 41.1 Å². The third-order valence-corrected chi connectivity index (χ3v) is 10.1. The van der Waals surface area contributed by atoms with Crippen molar-refractivity contribution in [2.24, 2.45) is 34.8 Å². The Morgan fingerprint density at radius 1 is 1.20 bits per heavy atom. The van der Waals surface area contributed by atoms with Gasteiger partial charge in [-0.25, -0.2) is 0 Å². The number of phenolic OH excluding ortho intramolecular Hbond substituents is 1. The van der Waals surface area contributed by atoms with Crippen LogP contribution in [0.4, 0.5) is 0 Å². The van der Waals surface area contributed by atoms with Gasteiger partial charge in [0.1, 0.15) is 29.8 Å². The molecule has 244 valence electrons. The third kappa shape index (κ3) is 5.44. The third-order valence-electron chi connectivity index (χ3n) is 10.1. The van der Waals surface area contributed by atoms with Crippen molar-refractivity contribution in [3.63, 3.8) is 0 Å². The van der Waals surface area contributed by atoms with Crippen LogP contribution < -0.4 is 10.5 Å². The van der Waals surface area contributed by atoms with Gasteiger partial charge in [0.15, 0.2) is 17.3 Å². The van der Waals surface area contributed by atoms with Crippen molar-refractivity contribution < 1.29 is 44.0 Å². The first kappa shape index (κ1) is 34.0. The van der Waals surface area contributed by atoms with E-state index in [-0.39, 0.29) is 48.6 Å². The van der Waals surface area contributed by atoms with Crippen LogP contribution in [0.1, 0.15) is 62.0 Å². The van der Waals surface area contributed by atoms with E-state index in [4.69, 9.17) is 15.2 Å². The molecule has 44 heavy (non-hydrogen) atoms. The topological polar surface area (TPSA) is 180 Å². The van der Waals surface area contributed by atoms with Crippen molar-refractivity contribution in [1.29, 1.82) is 0 Å². The smallest absolute Gasteiger partial charge is 0.228 e. The minimum absolute atomic E-state index is 0.00197. The summed E-state index contributed by atoms with van der Waals surface area (Å²) in [6, 6.07) is 0.380. The molecule has 3 aliphatic carbocycles. The van der Waals surface area contributed by atoms with E-state index in [0.717, 1.165) is 0 Å². The Morgan fingerprint density at radius 3 is 2.36 bits per heavy atom. The molecule has 2 saturated carbocycles. The highest BCUT2D eigenvalue weighted by Crippen LogP contribution is 2.54. The van der Waals surface area contributed by atoms with Crippen molar-refractivity contribution >= 4 is 23.3 Å². The van der Waals surface area contributed by atoms with E-state index in [9.17, 15) is 34.5 Å². The fourth-order valence-corrected chi connectivity index (χ4v) is 8.12. The van der Waals surface area contributed by atoms with E-state index in [1.54, 1.807) is 19.0 Å². The summed E-state index contributed by atoms with van der Waals surface area (Å²) < 4.78 is 11.6. The van der Waals surface area contributed by atoms with Gasteiger partial charge in [0.2, 0.25) is 5.91 Å². The number of phenols is 1. The molecule has 12 nitrogen and oxygen atoms in total. The minimum atomic E-state index is -1.79. The Bertz CT molecular complexity index is 1320. The number of carbonyl (C=O) groups excluding carboxylic acids is 4. The molecule has 0 heterocycles. The fraction of sp³-hybridized carbons (Fsp3) is 0.688. The number of ketones is 3. The number of hydrogen-bond acceptors (Lipinski definition) is 11. The van der Waals surface area contributed by atoms with Gasteiger partial charge in [-0.1, -0.05) is 27.7 Å². The quantitative estimate of drug-likeness (QED) is 0.216. The number of amides is 1. The minimum Gasteiger partial charge on any atom is -0.507 e. The molecule has 0 saturated heterocycles. The number of rotatable bonds is 10. The number of hydrogen-bond donors (Lipinski definition) is 4. The molecule has 0 bridgehead atoms. The molecular formula is C32H47N3O9.